The van der Waals surface area contributed by atoms with Crippen LogP contribution in [0, 0.1) is 0 Å². The number of benzene rings is 2. The molecule has 4 N–H and O–H groups in total. The average molecular weight is 446 g/mol. The number of nitrogens with two attached hydrogens (primary N) is 2. The van der Waals surface area contributed by atoms with Gasteiger partial charge in [0.05, 0.1) is 5.69 Å². The van der Waals surface area contributed by atoms with Crippen molar-refractivity contribution in [2.24, 2.45) is 21.5 Å². The van der Waals surface area contributed by atoms with Gasteiger partial charge in [0.15, 0.2) is 0 Å². The van der Waals surface area contributed by atoms with Crippen LogP contribution in [0.25, 0.3) is 11.1 Å². The summed E-state index contributed by atoms with van der Waals surface area (Å²) in [5.74, 6) is 0.719. The van der Waals surface area contributed by atoms with Gasteiger partial charge < -0.3 is 11.5 Å². The summed E-state index contributed by atoms with van der Waals surface area (Å²) in [4.78, 5) is 11.5. The van der Waals surface area contributed by atoms with Crippen LogP contribution in [0.3, 0.4) is 0 Å². The molecule has 0 unspecified atom stereocenters. The topological polar surface area (TPSA) is 80.0 Å². The van der Waals surface area contributed by atoms with Crippen molar-refractivity contribution in [1.29, 1.82) is 0 Å². The summed E-state index contributed by atoms with van der Waals surface area (Å²) in [6.45, 7) is 13.4. The van der Waals surface area contributed by atoms with Crippen molar-refractivity contribution in [3.8, 4) is 11.1 Å². The van der Waals surface area contributed by atoms with Crippen molar-refractivity contribution < 1.29 is 0 Å². The van der Waals surface area contributed by atoms with E-state index in [0.29, 0.717) is 5.96 Å². The molecule has 0 amide bonds. The van der Waals surface area contributed by atoms with Crippen molar-refractivity contribution in [2.75, 3.05) is 4.90 Å². The van der Waals surface area contributed by atoms with Gasteiger partial charge in [0, 0.05) is 5.56 Å². The normalized spacial score (nSPS) is 18.8. The molecule has 33 heavy (non-hydrogen) atoms. The Labute approximate surface area is 199 Å². The van der Waals surface area contributed by atoms with Gasteiger partial charge in [0.25, 0.3) is 0 Å². The standard InChI is InChI=1S/C28H39N5/c1-26(2,3)20-12-10-19(11-13-20)22-15-14-21(27(4,5)6)18-23(22)33-25(30)31-24(29)32-28(33)16-8-7-9-17-28/h10-15,18H,7-9,16-17H2,1-6H3,(H4,29,30,31,32). The Morgan fingerprint density at radius 2 is 1.36 bits per heavy atom. The van der Waals surface area contributed by atoms with Gasteiger partial charge in [-0.15, -0.1) is 0 Å². The zero-order chi connectivity index (χ0) is 24.0. The molecule has 1 aliphatic carbocycles. The second kappa shape index (κ2) is 8.19. The van der Waals surface area contributed by atoms with E-state index in [0.717, 1.165) is 36.9 Å². The Morgan fingerprint density at radius 1 is 0.788 bits per heavy atom. The quantitative estimate of drug-likeness (QED) is 0.590. The van der Waals surface area contributed by atoms with Crippen LogP contribution >= 0.6 is 0 Å². The van der Waals surface area contributed by atoms with Crippen LogP contribution in [-0.4, -0.2) is 17.6 Å². The maximum Gasteiger partial charge on any atom is 0.220 e. The Bertz CT molecular complexity index is 1070. The third-order valence-electron chi connectivity index (χ3n) is 7.02. The highest BCUT2D eigenvalue weighted by Crippen LogP contribution is 2.44. The minimum atomic E-state index is -0.467. The summed E-state index contributed by atoms with van der Waals surface area (Å²) in [6.07, 6.45) is 5.27. The largest absolute Gasteiger partial charge is 0.369 e. The first-order chi connectivity index (χ1) is 15.4. The molecule has 176 valence electrons. The molecule has 0 atom stereocenters. The predicted molar refractivity (Wildman–Crippen MR) is 141 cm³/mol. The Morgan fingerprint density at radius 3 is 1.94 bits per heavy atom. The van der Waals surface area contributed by atoms with E-state index >= 15 is 0 Å². The molecule has 4 rings (SSSR count). The Balaban J connectivity index is 1.91. The van der Waals surface area contributed by atoms with Gasteiger partial charge in [-0.05, 0) is 59.3 Å². The van der Waals surface area contributed by atoms with Gasteiger partial charge in [-0.25, -0.2) is 4.99 Å². The van der Waals surface area contributed by atoms with Crippen molar-refractivity contribution >= 4 is 17.6 Å². The van der Waals surface area contributed by atoms with Gasteiger partial charge >= 0.3 is 0 Å². The third-order valence-corrected chi connectivity index (χ3v) is 7.02. The first-order valence-corrected chi connectivity index (χ1v) is 12.2. The summed E-state index contributed by atoms with van der Waals surface area (Å²) in [7, 11) is 0. The molecule has 2 aromatic carbocycles. The molecule has 1 fully saturated rings. The van der Waals surface area contributed by atoms with E-state index in [1.165, 1.54) is 23.1 Å². The number of nitrogens with zero attached hydrogens (tertiary/aromatic N) is 3. The molecule has 1 heterocycles. The molecule has 5 heteroatoms. The maximum absolute atomic E-state index is 6.61. The van der Waals surface area contributed by atoms with E-state index in [1.54, 1.807) is 0 Å². The zero-order valence-electron chi connectivity index (χ0n) is 21.1. The highest BCUT2D eigenvalue weighted by atomic mass is 15.4. The monoisotopic (exact) mass is 445 g/mol. The van der Waals surface area contributed by atoms with E-state index in [1.807, 2.05) is 0 Å². The van der Waals surface area contributed by atoms with Crippen LogP contribution in [0.15, 0.2) is 52.4 Å². The number of aliphatic imine (C=N–C) groups is 2. The summed E-state index contributed by atoms with van der Waals surface area (Å²) < 4.78 is 0. The van der Waals surface area contributed by atoms with E-state index in [-0.39, 0.29) is 16.8 Å². The lowest BCUT2D eigenvalue weighted by atomic mass is 9.82. The number of anilines is 1. The van der Waals surface area contributed by atoms with Crippen LogP contribution < -0.4 is 16.4 Å². The molecule has 2 aromatic rings. The van der Waals surface area contributed by atoms with E-state index < -0.39 is 5.66 Å². The summed E-state index contributed by atoms with van der Waals surface area (Å²) in [5, 5.41) is 0. The Hall–Kier alpha value is -2.82. The highest BCUT2D eigenvalue weighted by molar-refractivity contribution is 6.07. The van der Waals surface area contributed by atoms with Crippen LogP contribution in [0.4, 0.5) is 5.69 Å². The smallest absolute Gasteiger partial charge is 0.220 e. The van der Waals surface area contributed by atoms with Gasteiger partial charge in [-0.1, -0.05) is 84.4 Å². The van der Waals surface area contributed by atoms with Gasteiger partial charge in [-0.2, -0.15) is 4.99 Å². The fraction of sp³-hybridized carbons (Fsp3) is 0.500. The molecule has 5 nitrogen and oxygen atoms in total. The fourth-order valence-corrected chi connectivity index (χ4v) is 5.05. The third kappa shape index (κ3) is 4.50. The number of hydrogen-bond acceptors (Lipinski definition) is 5. The molecule has 0 bridgehead atoms. The molecule has 0 aromatic heterocycles. The van der Waals surface area contributed by atoms with E-state index in [9.17, 15) is 0 Å². The highest BCUT2D eigenvalue weighted by Gasteiger charge is 2.43. The number of rotatable bonds is 2. The molecule has 0 saturated heterocycles. The second-order valence-electron chi connectivity index (χ2n) is 11.6. The fourth-order valence-electron chi connectivity index (χ4n) is 5.05. The lowest BCUT2D eigenvalue weighted by molar-refractivity contribution is 0.305. The minimum Gasteiger partial charge on any atom is -0.369 e. The summed E-state index contributed by atoms with van der Waals surface area (Å²) >= 11 is 0. The lowest BCUT2D eigenvalue weighted by Crippen LogP contribution is -2.58. The first-order valence-electron chi connectivity index (χ1n) is 12.2. The summed E-state index contributed by atoms with van der Waals surface area (Å²) in [5.41, 5.74) is 18.3. The Kier molecular flexibility index (Phi) is 5.80. The predicted octanol–water partition coefficient (Wildman–Crippen LogP) is 6.06. The number of guanidine groups is 2. The molecule has 0 radical (unpaired) electrons. The van der Waals surface area contributed by atoms with Crippen LogP contribution in [0.5, 0.6) is 0 Å². The van der Waals surface area contributed by atoms with Crippen molar-refractivity contribution in [2.45, 2.75) is 90.1 Å². The molecule has 2 aliphatic rings. The van der Waals surface area contributed by atoms with Crippen LogP contribution in [-0.2, 0) is 10.8 Å². The average Bonchev–Trinajstić information content (AvgIpc) is 2.72. The molecule has 1 spiro atoms. The first kappa shape index (κ1) is 23.3. The van der Waals surface area contributed by atoms with Gasteiger partial charge in [-0.3, -0.25) is 4.90 Å². The number of hydrogen-bond donors (Lipinski definition) is 2. The summed E-state index contributed by atoms with van der Waals surface area (Å²) in [6, 6.07) is 15.7. The van der Waals surface area contributed by atoms with E-state index in [4.69, 9.17) is 16.5 Å². The van der Waals surface area contributed by atoms with Crippen molar-refractivity contribution in [3.05, 3.63) is 53.6 Å². The second-order valence-corrected chi connectivity index (χ2v) is 11.6. The SMILES string of the molecule is CC(C)(C)c1ccc(-c2ccc(C(C)(C)C)cc2N2C(N)=NC(N)=NC23CCCCC3)cc1. The molecule has 1 saturated carbocycles. The van der Waals surface area contributed by atoms with E-state index in [2.05, 4.69) is 93.9 Å². The van der Waals surface area contributed by atoms with Crippen LogP contribution in [0.1, 0.15) is 84.8 Å². The molecular weight excluding hydrogens is 406 g/mol. The minimum absolute atomic E-state index is 0.00703. The van der Waals surface area contributed by atoms with Crippen molar-refractivity contribution in [1.82, 2.24) is 0 Å². The lowest BCUT2D eigenvalue weighted by Gasteiger charge is -2.46. The molecule has 1 aliphatic heterocycles. The molecular formula is C28H39N5. The van der Waals surface area contributed by atoms with Gasteiger partial charge in [0.1, 0.15) is 5.66 Å². The van der Waals surface area contributed by atoms with Crippen LogP contribution in [0.2, 0.25) is 0 Å². The maximum atomic E-state index is 6.61. The zero-order valence-corrected chi connectivity index (χ0v) is 21.1. The van der Waals surface area contributed by atoms with Gasteiger partial charge in [0.2, 0.25) is 11.9 Å². The van der Waals surface area contributed by atoms with Crippen molar-refractivity contribution in [3.63, 3.8) is 0 Å².